The van der Waals surface area contributed by atoms with Gasteiger partial charge in [-0.25, -0.2) is 0 Å². The molecule has 2 rings (SSSR count). The quantitative estimate of drug-likeness (QED) is 0.931. The molecular formula is C15H14ClNO2. The molecule has 0 radical (unpaired) electrons. The predicted molar refractivity (Wildman–Crippen MR) is 76.1 cm³/mol. The van der Waals surface area contributed by atoms with Crippen molar-refractivity contribution in [3.8, 4) is 11.1 Å². The monoisotopic (exact) mass is 275 g/mol. The Morgan fingerprint density at radius 3 is 2.47 bits per heavy atom. The van der Waals surface area contributed by atoms with Gasteiger partial charge in [0.1, 0.15) is 0 Å². The molecular weight excluding hydrogens is 262 g/mol. The highest BCUT2D eigenvalue weighted by Gasteiger charge is 2.09. The maximum Gasteiger partial charge on any atom is 0.248 e. The van der Waals surface area contributed by atoms with Crippen LogP contribution in [0.15, 0.2) is 42.5 Å². The van der Waals surface area contributed by atoms with E-state index in [4.69, 9.17) is 22.1 Å². The number of hydrogen-bond donors (Lipinski definition) is 1. The fraction of sp³-hybridized carbons (Fsp3) is 0.133. The maximum atomic E-state index is 11.3. The number of amides is 1. The zero-order valence-corrected chi connectivity index (χ0v) is 11.3. The van der Waals surface area contributed by atoms with Gasteiger partial charge in [-0.05, 0) is 41.0 Å². The van der Waals surface area contributed by atoms with Gasteiger partial charge in [0, 0.05) is 17.7 Å². The lowest BCUT2D eigenvalue weighted by Crippen LogP contribution is -2.11. The number of nitrogens with two attached hydrogens (primary N) is 1. The maximum absolute atomic E-state index is 11.3. The summed E-state index contributed by atoms with van der Waals surface area (Å²) in [5.41, 5.74) is 8.69. The molecule has 2 N–H and O–H groups in total. The van der Waals surface area contributed by atoms with E-state index < -0.39 is 5.91 Å². The first-order valence-corrected chi connectivity index (χ1v) is 6.17. The molecule has 0 bridgehead atoms. The van der Waals surface area contributed by atoms with Crippen molar-refractivity contribution in [2.45, 2.75) is 6.61 Å². The number of hydrogen-bond acceptors (Lipinski definition) is 2. The topological polar surface area (TPSA) is 52.3 Å². The van der Waals surface area contributed by atoms with Crippen molar-refractivity contribution in [2.24, 2.45) is 5.73 Å². The molecule has 3 nitrogen and oxygen atoms in total. The van der Waals surface area contributed by atoms with Crippen LogP contribution in [0.1, 0.15) is 15.9 Å². The smallest absolute Gasteiger partial charge is 0.248 e. The highest BCUT2D eigenvalue weighted by Crippen LogP contribution is 2.27. The fourth-order valence-electron chi connectivity index (χ4n) is 1.91. The molecule has 2 aromatic rings. The summed E-state index contributed by atoms with van der Waals surface area (Å²) < 4.78 is 5.17. The molecule has 0 saturated carbocycles. The molecule has 98 valence electrons. The molecule has 4 heteroatoms. The minimum atomic E-state index is -0.445. The number of rotatable bonds is 4. The first kappa shape index (κ1) is 13.6. The Hall–Kier alpha value is -1.84. The summed E-state index contributed by atoms with van der Waals surface area (Å²) in [6, 6.07) is 12.8. The van der Waals surface area contributed by atoms with E-state index in [-0.39, 0.29) is 0 Å². The number of primary amides is 1. The van der Waals surface area contributed by atoms with Crippen molar-refractivity contribution in [3.05, 3.63) is 58.6 Å². The van der Waals surface area contributed by atoms with Gasteiger partial charge in [0.05, 0.1) is 6.61 Å². The van der Waals surface area contributed by atoms with Gasteiger partial charge in [0.25, 0.3) is 0 Å². The number of carbonyl (C=O) groups excluding carboxylic acids is 1. The molecule has 0 aliphatic carbocycles. The molecule has 0 unspecified atom stereocenters. The Labute approximate surface area is 117 Å². The van der Waals surface area contributed by atoms with Gasteiger partial charge in [-0.15, -0.1) is 0 Å². The number of methoxy groups -OCH3 is 1. The normalized spacial score (nSPS) is 10.4. The van der Waals surface area contributed by atoms with E-state index >= 15 is 0 Å². The van der Waals surface area contributed by atoms with E-state index in [1.165, 1.54) is 0 Å². The van der Waals surface area contributed by atoms with Crippen LogP contribution in [-0.4, -0.2) is 13.0 Å². The minimum absolute atomic E-state index is 0.445. The fourth-order valence-corrected chi connectivity index (χ4v) is 2.04. The van der Waals surface area contributed by atoms with Crippen molar-refractivity contribution in [1.82, 2.24) is 0 Å². The summed E-state index contributed by atoms with van der Waals surface area (Å²) in [6.45, 7) is 0.469. The van der Waals surface area contributed by atoms with Crippen LogP contribution in [0.5, 0.6) is 0 Å². The summed E-state index contributed by atoms with van der Waals surface area (Å²) in [4.78, 5) is 11.3. The summed E-state index contributed by atoms with van der Waals surface area (Å²) in [7, 11) is 1.63. The Kier molecular flexibility index (Phi) is 4.20. The third-order valence-electron chi connectivity index (χ3n) is 2.85. The SMILES string of the molecule is COCc1ccc(C(N)=O)cc1-c1ccc(Cl)cc1. The molecule has 0 aliphatic rings. The largest absolute Gasteiger partial charge is 0.380 e. The zero-order chi connectivity index (χ0) is 13.8. The zero-order valence-electron chi connectivity index (χ0n) is 10.5. The molecule has 2 aromatic carbocycles. The lowest BCUT2D eigenvalue weighted by atomic mass is 9.97. The summed E-state index contributed by atoms with van der Waals surface area (Å²) >= 11 is 5.88. The summed E-state index contributed by atoms with van der Waals surface area (Å²) in [6.07, 6.45) is 0. The molecule has 0 aromatic heterocycles. The molecule has 1 amide bonds. The van der Waals surface area contributed by atoms with Crippen LogP contribution in [0.3, 0.4) is 0 Å². The Morgan fingerprint density at radius 1 is 1.21 bits per heavy atom. The highest BCUT2D eigenvalue weighted by molar-refractivity contribution is 6.30. The third kappa shape index (κ3) is 3.13. The van der Waals surface area contributed by atoms with Crippen molar-refractivity contribution in [2.75, 3.05) is 7.11 Å². The number of benzene rings is 2. The third-order valence-corrected chi connectivity index (χ3v) is 3.10. The Bertz CT molecular complexity index is 594. The van der Waals surface area contributed by atoms with Crippen LogP contribution in [-0.2, 0) is 11.3 Å². The van der Waals surface area contributed by atoms with Gasteiger partial charge in [-0.2, -0.15) is 0 Å². The van der Waals surface area contributed by atoms with Gasteiger partial charge in [-0.1, -0.05) is 29.8 Å². The van der Waals surface area contributed by atoms with Crippen LogP contribution in [0.4, 0.5) is 0 Å². The standard InChI is InChI=1S/C15H14ClNO2/c1-19-9-12-3-2-11(15(17)18)8-14(12)10-4-6-13(16)7-5-10/h2-8H,9H2,1H3,(H2,17,18). The van der Waals surface area contributed by atoms with Crippen molar-refractivity contribution in [3.63, 3.8) is 0 Å². The van der Waals surface area contributed by atoms with Crippen molar-refractivity contribution in [1.29, 1.82) is 0 Å². The van der Waals surface area contributed by atoms with Crippen LogP contribution < -0.4 is 5.73 Å². The second-order valence-electron chi connectivity index (χ2n) is 4.18. The average Bonchev–Trinajstić information content (AvgIpc) is 2.40. The lowest BCUT2D eigenvalue weighted by Gasteiger charge is -2.11. The second kappa shape index (κ2) is 5.87. The van der Waals surface area contributed by atoms with Crippen molar-refractivity contribution >= 4 is 17.5 Å². The van der Waals surface area contributed by atoms with Gasteiger partial charge in [-0.3, -0.25) is 4.79 Å². The van der Waals surface area contributed by atoms with Crippen molar-refractivity contribution < 1.29 is 9.53 Å². The first-order chi connectivity index (χ1) is 9.11. The van der Waals surface area contributed by atoms with E-state index in [2.05, 4.69) is 0 Å². The van der Waals surface area contributed by atoms with Gasteiger partial charge >= 0.3 is 0 Å². The van der Waals surface area contributed by atoms with Crippen LogP contribution >= 0.6 is 11.6 Å². The molecule has 0 aliphatic heterocycles. The highest BCUT2D eigenvalue weighted by atomic mass is 35.5. The van der Waals surface area contributed by atoms with E-state index in [9.17, 15) is 4.79 Å². The second-order valence-corrected chi connectivity index (χ2v) is 4.61. The minimum Gasteiger partial charge on any atom is -0.380 e. The van der Waals surface area contributed by atoms with Crippen LogP contribution in [0, 0.1) is 0 Å². The molecule has 0 saturated heterocycles. The summed E-state index contributed by atoms with van der Waals surface area (Å²) in [5.74, 6) is -0.445. The first-order valence-electron chi connectivity index (χ1n) is 5.79. The van der Waals surface area contributed by atoms with Gasteiger partial charge < -0.3 is 10.5 Å². The number of carbonyl (C=O) groups is 1. The van der Waals surface area contributed by atoms with Gasteiger partial charge in [0.2, 0.25) is 5.91 Å². The average molecular weight is 276 g/mol. The molecule has 0 spiro atoms. The predicted octanol–water partition coefficient (Wildman–Crippen LogP) is 3.25. The van der Waals surface area contributed by atoms with Crippen LogP contribution in [0.25, 0.3) is 11.1 Å². The van der Waals surface area contributed by atoms with E-state index in [0.717, 1.165) is 16.7 Å². The Balaban J connectivity index is 2.53. The van der Waals surface area contributed by atoms with Crippen LogP contribution in [0.2, 0.25) is 5.02 Å². The van der Waals surface area contributed by atoms with E-state index in [1.807, 2.05) is 30.3 Å². The number of ether oxygens (including phenoxy) is 1. The van der Waals surface area contributed by atoms with Gasteiger partial charge in [0.15, 0.2) is 0 Å². The van der Waals surface area contributed by atoms with E-state index in [0.29, 0.717) is 17.2 Å². The molecule has 0 heterocycles. The molecule has 0 atom stereocenters. The molecule has 0 fully saturated rings. The Morgan fingerprint density at radius 2 is 1.89 bits per heavy atom. The molecule has 19 heavy (non-hydrogen) atoms. The number of halogens is 1. The lowest BCUT2D eigenvalue weighted by molar-refractivity contribution is 0.1000. The summed E-state index contributed by atoms with van der Waals surface area (Å²) in [5, 5.41) is 0.670. The van der Waals surface area contributed by atoms with E-state index in [1.54, 1.807) is 19.2 Å².